The molecule has 0 fully saturated rings. The zero-order valence-corrected chi connectivity index (χ0v) is 12.1. The van der Waals surface area contributed by atoms with E-state index in [1.165, 1.54) is 23.5 Å². The van der Waals surface area contributed by atoms with Gasteiger partial charge in [-0.25, -0.2) is 13.4 Å². The summed E-state index contributed by atoms with van der Waals surface area (Å²) < 4.78 is 48.4. The first-order chi connectivity index (χ1) is 9.41. The van der Waals surface area contributed by atoms with E-state index in [1.54, 1.807) is 6.07 Å². The molecule has 20 heavy (non-hydrogen) atoms. The number of sulfone groups is 1. The quantitative estimate of drug-likeness (QED) is 0.920. The first-order valence-corrected chi connectivity index (χ1v) is 8.10. The van der Waals surface area contributed by atoms with Gasteiger partial charge in [-0.3, -0.25) is 0 Å². The molecule has 2 aromatic rings. The monoisotopic (exact) mass is 318 g/mol. The number of nitrogens with zero attached hydrogens (tertiary/aromatic N) is 1. The summed E-state index contributed by atoms with van der Waals surface area (Å²) in [7, 11) is -4.62. The molecule has 0 unspecified atom stereocenters. The Morgan fingerprint density at radius 2 is 2.05 bits per heavy atom. The second kappa shape index (κ2) is 5.84. The predicted octanol–water partition coefficient (Wildman–Crippen LogP) is 3.06. The molecule has 4 nitrogen and oxygen atoms in total. The summed E-state index contributed by atoms with van der Waals surface area (Å²) in [6.07, 6.45) is 0. The van der Waals surface area contributed by atoms with Gasteiger partial charge in [-0.15, -0.1) is 11.3 Å². The Hall–Kier alpha value is -1.54. The molecule has 2 rings (SSSR count). The Morgan fingerprint density at radius 1 is 1.35 bits per heavy atom. The topological polar surface area (TPSA) is 59.1 Å². The van der Waals surface area contributed by atoms with Crippen molar-refractivity contribution in [2.45, 2.75) is 24.1 Å². The third-order valence-corrected chi connectivity index (χ3v) is 4.93. The van der Waals surface area contributed by atoms with Gasteiger partial charge >= 0.3 is 5.76 Å². The molecule has 1 aromatic heterocycles. The summed E-state index contributed by atoms with van der Waals surface area (Å²) in [6.45, 7) is 2.13. The lowest BCUT2D eigenvalue weighted by Gasteiger charge is -2.11. The van der Waals surface area contributed by atoms with Gasteiger partial charge in [-0.2, -0.15) is 8.78 Å². The van der Waals surface area contributed by atoms with E-state index in [4.69, 9.17) is 0 Å². The Morgan fingerprint density at radius 3 is 2.65 bits per heavy atom. The van der Waals surface area contributed by atoms with Crippen LogP contribution >= 0.6 is 11.3 Å². The highest BCUT2D eigenvalue weighted by atomic mass is 32.2. The van der Waals surface area contributed by atoms with Gasteiger partial charge in [0.15, 0.2) is 0 Å². The number of alkyl halides is 2. The van der Waals surface area contributed by atoms with E-state index >= 15 is 0 Å². The minimum Gasteiger partial charge on any atom is -0.377 e. The lowest BCUT2D eigenvalue weighted by Crippen LogP contribution is -2.14. The van der Waals surface area contributed by atoms with Crippen molar-refractivity contribution in [3.8, 4) is 0 Å². The highest BCUT2D eigenvalue weighted by molar-refractivity contribution is 7.91. The molecule has 0 aliphatic carbocycles. The highest BCUT2D eigenvalue weighted by Crippen LogP contribution is 2.26. The Labute approximate surface area is 119 Å². The van der Waals surface area contributed by atoms with Gasteiger partial charge in [0.05, 0.1) is 17.1 Å². The largest absolute Gasteiger partial charge is 0.377 e. The number of aryl methyl sites for hydroxylation is 1. The number of hydrogen-bond acceptors (Lipinski definition) is 5. The lowest BCUT2D eigenvalue weighted by atomic mass is 10.3. The zero-order valence-electron chi connectivity index (χ0n) is 10.5. The van der Waals surface area contributed by atoms with Crippen LogP contribution in [0.25, 0.3) is 0 Å². The van der Waals surface area contributed by atoms with Gasteiger partial charge in [-0.1, -0.05) is 12.1 Å². The maximum absolute atomic E-state index is 12.6. The molecule has 0 amide bonds. The molecule has 0 saturated carbocycles. The summed E-state index contributed by atoms with van der Waals surface area (Å²) in [6, 6.07) is 5.61. The summed E-state index contributed by atoms with van der Waals surface area (Å²) >= 11 is 1.42. The van der Waals surface area contributed by atoms with Crippen molar-refractivity contribution in [1.29, 1.82) is 0 Å². The molecule has 8 heteroatoms. The molecule has 0 radical (unpaired) electrons. The van der Waals surface area contributed by atoms with Crippen LogP contribution in [0.3, 0.4) is 0 Å². The maximum Gasteiger partial charge on any atom is 0.341 e. The van der Waals surface area contributed by atoms with Crippen LogP contribution in [0.1, 0.15) is 10.7 Å². The van der Waals surface area contributed by atoms with Crippen LogP contribution in [-0.2, 0) is 16.4 Å². The SMILES string of the molecule is Cc1csc(CNc2ccccc2S(=O)(=O)C(F)F)n1. The van der Waals surface area contributed by atoms with Gasteiger partial charge in [0.2, 0.25) is 9.84 Å². The highest BCUT2D eigenvalue weighted by Gasteiger charge is 2.28. The van der Waals surface area contributed by atoms with Gasteiger partial charge in [0, 0.05) is 11.1 Å². The average molecular weight is 318 g/mol. The van der Waals surface area contributed by atoms with E-state index in [9.17, 15) is 17.2 Å². The smallest absolute Gasteiger partial charge is 0.341 e. The van der Waals surface area contributed by atoms with Crippen molar-refractivity contribution >= 4 is 26.9 Å². The van der Waals surface area contributed by atoms with E-state index in [0.29, 0.717) is 0 Å². The predicted molar refractivity (Wildman–Crippen MR) is 73.8 cm³/mol. The molecule has 0 spiro atoms. The van der Waals surface area contributed by atoms with Gasteiger partial charge in [0.25, 0.3) is 0 Å². The minimum absolute atomic E-state index is 0.153. The Bertz CT molecular complexity index is 699. The number of anilines is 1. The molecule has 0 atom stereocenters. The number of hydrogen-bond donors (Lipinski definition) is 1. The fourth-order valence-corrected chi connectivity index (χ4v) is 3.23. The molecule has 1 N–H and O–H groups in total. The molecule has 0 aliphatic rings. The van der Waals surface area contributed by atoms with Gasteiger partial charge < -0.3 is 5.32 Å². The molecule has 1 aromatic carbocycles. The Balaban J connectivity index is 2.25. The molecule has 0 bridgehead atoms. The molecular formula is C12H12F2N2O2S2. The number of rotatable bonds is 5. The van der Waals surface area contributed by atoms with Crippen molar-refractivity contribution in [2.75, 3.05) is 5.32 Å². The van der Waals surface area contributed by atoms with E-state index in [-0.39, 0.29) is 12.2 Å². The van der Waals surface area contributed by atoms with E-state index in [2.05, 4.69) is 10.3 Å². The fraction of sp³-hybridized carbons (Fsp3) is 0.250. The minimum atomic E-state index is -4.62. The molecule has 0 aliphatic heterocycles. The number of para-hydroxylation sites is 1. The van der Waals surface area contributed by atoms with Crippen molar-refractivity contribution in [1.82, 2.24) is 4.98 Å². The van der Waals surface area contributed by atoms with Crippen LogP contribution in [0.15, 0.2) is 34.5 Å². The standard InChI is InChI=1S/C12H12F2N2O2S2/c1-8-7-19-11(16-8)6-15-9-4-2-3-5-10(9)20(17,18)12(13)14/h2-5,7,12,15H,6H2,1H3. The van der Waals surface area contributed by atoms with Crippen molar-refractivity contribution in [3.05, 3.63) is 40.3 Å². The third kappa shape index (κ3) is 3.13. The first kappa shape index (κ1) is 14.9. The van der Waals surface area contributed by atoms with E-state index in [1.807, 2.05) is 12.3 Å². The first-order valence-electron chi connectivity index (χ1n) is 5.67. The average Bonchev–Trinajstić information content (AvgIpc) is 2.82. The van der Waals surface area contributed by atoms with Gasteiger partial charge in [-0.05, 0) is 19.1 Å². The summed E-state index contributed by atoms with van der Waals surface area (Å²) in [5.74, 6) is -3.44. The normalized spacial score (nSPS) is 11.8. The molecule has 0 saturated heterocycles. The van der Waals surface area contributed by atoms with Crippen LogP contribution in [0.2, 0.25) is 0 Å². The number of aromatic nitrogens is 1. The van der Waals surface area contributed by atoms with Crippen LogP contribution in [0.4, 0.5) is 14.5 Å². The molecule has 108 valence electrons. The second-order valence-corrected chi connectivity index (χ2v) is 6.87. The summed E-state index contributed by atoms with van der Waals surface area (Å²) in [5.41, 5.74) is 1.01. The molecule has 1 heterocycles. The van der Waals surface area contributed by atoms with Crippen molar-refractivity contribution in [2.24, 2.45) is 0 Å². The van der Waals surface area contributed by atoms with Crippen LogP contribution in [0, 0.1) is 6.92 Å². The van der Waals surface area contributed by atoms with E-state index < -0.39 is 20.5 Å². The maximum atomic E-state index is 12.6. The number of thiazole rings is 1. The van der Waals surface area contributed by atoms with Crippen LogP contribution in [-0.4, -0.2) is 19.2 Å². The summed E-state index contributed by atoms with van der Waals surface area (Å²) in [5, 5.41) is 5.46. The lowest BCUT2D eigenvalue weighted by molar-refractivity contribution is 0.235. The van der Waals surface area contributed by atoms with Gasteiger partial charge in [0.1, 0.15) is 5.01 Å². The van der Waals surface area contributed by atoms with E-state index in [0.717, 1.165) is 16.8 Å². The van der Waals surface area contributed by atoms with Crippen LogP contribution < -0.4 is 5.32 Å². The molecular weight excluding hydrogens is 306 g/mol. The third-order valence-electron chi connectivity index (χ3n) is 2.52. The van der Waals surface area contributed by atoms with Crippen molar-refractivity contribution < 1.29 is 17.2 Å². The second-order valence-electron chi connectivity index (χ2n) is 4.04. The number of nitrogens with one attached hydrogen (secondary N) is 1. The number of halogens is 2. The fourth-order valence-electron chi connectivity index (χ4n) is 1.61. The zero-order chi connectivity index (χ0) is 14.8. The number of benzene rings is 1. The van der Waals surface area contributed by atoms with Crippen LogP contribution in [0.5, 0.6) is 0 Å². The summed E-state index contributed by atoms with van der Waals surface area (Å²) in [4.78, 5) is 3.81. The Kier molecular flexibility index (Phi) is 4.34. The van der Waals surface area contributed by atoms with Crippen molar-refractivity contribution in [3.63, 3.8) is 0 Å².